The van der Waals surface area contributed by atoms with Crippen molar-refractivity contribution < 1.29 is 22.3 Å². The van der Waals surface area contributed by atoms with Gasteiger partial charge in [-0.3, -0.25) is 4.79 Å². The van der Waals surface area contributed by atoms with Crippen molar-refractivity contribution in [2.45, 2.75) is 30.6 Å². The van der Waals surface area contributed by atoms with Crippen LogP contribution < -0.4 is 5.14 Å². The molecule has 1 atom stereocenters. The highest BCUT2D eigenvalue weighted by Gasteiger charge is 2.26. The van der Waals surface area contributed by atoms with Crippen LogP contribution >= 0.6 is 0 Å². The second kappa shape index (κ2) is 8.04. The van der Waals surface area contributed by atoms with E-state index in [1.54, 1.807) is 12.0 Å². The Kier molecular flexibility index (Phi) is 6.31. The molecule has 1 aromatic carbocycles. The van der Waals surface area contributed by atoms with E-state index in [4.69, 9.17) is 9.88 Å². The molecule has 1 heterocycles. The van der Waals surface area contributed by atoms with Gasteiger partial charge in [-0.15, -0.1) is 0 Å². The van der Waals surface area contributed by atoms with Crippen molar-refractivity contribution in [2.24, 2.45) is 11.1 Å². The zero-order valence-electron chi connectivity index (χ0n) is 13.7. The summed E-state index contributed by atoms with van der Waals surface area (Å²) in [6.45, 7) is 1.76. The molecule has 0 bridgehead atoms. The van der Waals surface area contributed by atoms with Gasteiger partial charge in [0.1, 0.15) is 5.82 Å². The highest BCUT2D eigenvalue weighted by atomic mass is 32.2. The molecule has 1 saturated heterocycles. The Balaban J connectivity index is 2.13. The third kappa shape index (κ3) is 4.75. The third-order valence-electron chi connectivity index (χ3n) is 4.26. The van der Waals surface area contributed by atoms with Gasteiger partial charge in [0.05, 0.1) is 10.5 Å². The van der Waals surface area contributed by atoms with Crippen molar-refractivity contribution in [2.75, 3.05) is 26.8 Å². The number of carbonyl (C=O) groups is 1. The molecule has 134 valence electrons. The summed E-state index contributed by atoms with van der Waals surface area (Å²) in [5.41, 5.74) is -0.251. The van der Waals surface area contributed by atoms with Gasteiger partial charge in [0.15, 0.2) is 0 Å². The number of amides is 1. The molecule has 2 N–H and O–H groups in total. The fourth-order valence-corrected chi connectivity index (χ4v) is 3.56. The molecule has 1 amide bonds. The van der Waals surface area contributed by atoms with Gasteiger partial charge in [0.25, 0.3) is 5.91 Å². The standard InChI is InChI=1S/C16H23FN2O4S/c1-23-9-3-5-12-4-2-8-19(11-12)16(20)14-10-13(24(18,21)22)6-7-15(14)17/h6-7,10,12H,2-5,8-9,11H2,1H3,(H2,18,21,22)/t12-/m1/s1. The van der Waals surface area contributed by atoms with Crippen molar-refractivity contribution in [3.05, 3.63) is 29.6 Å². The Morgan fingerprint density at radius 3 is 2.88 bits per heavy atom. The maximum atomic E-state index is 14.0. The number of hydrogen-bond acceptors (Lipinski definition) is 4. The molecule has 2 rings (SSSR count). The van der Waals surface area contributed by atoms with Crippen molar-refractivity contribution in [3.63, 3.8) is 0 Å². The highest BCUT2D eigenvalue weighted by molar-refractivity contribution is 7.89. The average Bonchev–Trinajstić information content (AvgIpc) is 2.54. The number of hydrogen-bond donors (Lipinski definition) is 1. The van der Waals surface area contributed by atoms with Gasteiger partial charge in [-0.2, -0.15) is 0 Å². The van der Waals surface area contributed by atoms with Crippen molar-refractivity contribution in [1.29, 1.82) is 0 Å². The monoisotopic (exact) mass is 358 g/mol. The predicted molar refractivity (Wildman–Crippen MR) is 87.5 cm³/mol. The van der Waals surface area contributed by atoms with E-state index in [1.807, 2.05) is 0 Å². The van der Waals surface area contributed by atoms with Crippen molar-refractivity contribution >= 4 is 15.9 Å². The minimum Gasteiger partial charge on any atom is -0.385 e. The van der Waals surface area contributed by atoms with Gasteiger partial charge in [0.2, 0.25) is 10.0 Å². The first-order valence-electron chi connectivity index (χ1n) is 7.93. The van der Waals surface area contributed by atoms with E-state index in [9.17, 15) is 17.6 Å². The number of rotatable bonds is 6. The zero-order valence-corrected chi connectivity index (χ0v) is 14.5. The number of likely N-dealkylation sites (tertiary alicyclic amines) is 1. The first kappa shape index (κ1) is 18.8. The molecule has 0 radical (unpaired) electrons. The van der Waals surface area contributed by atoms with Crippen molar-refractivity contribution in [1.82, 2.24) is 4.90 Å². The summed E-state index contributed by atoms with van der Waals surface area (Å²) in [6.07, 6.45) is 3.73. The van der Waals surface area contributed by atoms with Crippen LogP contribution in [0.15, 0.2) is 23.1 Å². The quantitative estimate of drug-likeness (QED) is 0.785. The lowest BCUT2D eigenvalue weighted by molar-refractivity contribution is 0.0655. The van der Waals surface area contributed by atoms with Gasteiger partial charge in [-0.25, -0.2) is 17.9 Å². The van der Waals surface area contributed by atoms with Gasteiger partial charge in [0, 0.05) is 26.8 Å². The molecule has 8 heteroatoms. The molecule has 0 aromatic heterocycles. The molecule has 0 saturated carbocycles. The average molecular weight is 358 g/mol. The Bertz CT molecular complexity index is 693. The summed E-state index contributed by atoms with van der Waals surface area (Å²) in [5.74, 6) is -0.884. The predicted octanol–water partition coefficient (Wildman–Crippen LogP) is 1.75. The van der Waals surface area contributed by atoms with E-state index in [0.29, 0.717) is 25.6 Å². The lowest BCUT2D eigenvalue weighted by Gasteiger charge is -2.33. The van der Waals surface area contributed by atoms with E-state index in [-0.39, 0.29) is 10.5 Å². The summed E-state index contributed by atoms with van der Waals surface area (Å²) < 4.78 is 41.9. The number of ether oxygens (including phenoxy) is 1. The summed E-state index contributed by atoms with van der Waals surface area (Å²) in [5, 5.41) is 5.06. The van der Waals surface area contributed by atoms with Crippen LogP contribution in [-0.2, 0) is 14.8 Å². The Labute approximate surface area is 141 Å². The minimum absolute atomic E-state index is 0.251. The number of carbonyl (C=O) groups excluding carboxylic acids is 1. The van der Waals surface area contributed by atoms with Crippen LogP contribution in [0.5, 0.6) is 0 Å². The van der Waals surface area contributed by atoms with Crippen LogP contribution in [-0.4, -0.2) is 46.0 Å². The maximum absolute atomic E-state index is 14.0. The lowest BCUT2D eigenvalue weighted by Crippen LogP contribution is -2.40. The minimum atomic E-state index is -3.98. The van der Waals surface area contributed by atoms with E-state index < -0.39 is 21.7 Å². The van der Waals surface area contributed by atoms with Crippen LogP contribution in [0, 0.1) is 11.7 Å². The smallest absolute Gasteiger partial charge is 0.256 e. The van der Waals surface area contributed by atoms with Gasteiger partial charge >= 0.3 is 0 Å². The number of primary sulfonamides is 1. The number of sulfonamides is 1. The molecule has 1 aliphatic heterocycles. The van der Waals surface area contributed by atoms with Gasteiger partial charge in [-0.05, 0) is 49.8 Å². The van der Waals surface area contributed by atoms with Gasteiger partial charge in [-0.1, -0.05) is 0 Å². The molecular formula is C16H23FN2O4S. The topological polar surface area (TPSA) is 89.7 Å². The van der Waals surface area contributed by atoms with E-state index in [0.717, 1.165) is 43.9 Å². The second-order valence-corrected chi connectivity index (χ2v) is 7.64. The fraction of sp³-hybridized carbons (Fsp3) is 0.562. The second-order valence-electron chi connectivity index (χ2n) is 6.08. The highest BCUT2D eigenvalue weighted by Crippen LogP contribution is 2.24. The molecule has 6 nitrogen and oxygen atoms in total. The SMILES string of the molecule is COCCC[C@H]1CCCN(C(=O)c2cc(S(N)(=O)=O)ccc2F)C1. The first-order chi connectivity index (χ1) is 11.3. The number of nitrogens with zero attached hydrogens (tertiary/aromatic N) is 1. The molecule has 0 unspecified atom stereocenters. The molecule has 24 heavy (non-hydrogen) atoms. The maximum Gasteiger partial charge on any atom is 0.256 e. The number of halogens is 1. The Morgan fingerprint density at radius 1 is 1.46 bits per heavy atom. The number of nitrogens with two attached hydrogens (primary N) is 1. The number of piperidine rings is 1. The molecule has 1 aromatic rings. The number of methoxy groups -OCH3 is 1. The Hall–Kier alpha value is -1.51. The summed E-state index contributed by atoms with van der Waals surface area (Å²) in [4.78, 5) is 13.9. The summed E-state index contributed by atoms with van der Waals surface area (Å²) >= 11 is 0. The van der Waals surface area contributed by atoms with Crippen LogP contribution in [0.1, 0.15) is 36.0 Å². The van der Waals surface area contributed by atoms with Gasteiger partial charge < -0.3 is 9.64 Å². The van der Waals surface area contributed by atoms with E-state index >= 15 is 0 Å². The molecule has 0 spiro atoms. The third-order valence-corrected chi connectivity index (χ3v) is 5.17. The van der Waals surface area contributed by atoms with Crippen LogP contribution in [0.2, 0.25) is 0 Å². The normalized spacial score (nSPS) is 18.6. The molecule has 0 aliphatic carbocycles. The molecule has 1 fully saturated rings. The van der Waals surface area contributed by atoms with E-state index in [2.05, 4.69) is 0 Å². The van der Waals surface area contributed by atoms with Crippen LogP contribution in [0.25, 0.3) is 0 Å². The molecule has 1 aliphatic rings. The first-order valence-corrected chi connectivity index (χ1v) is 9.48. The Morgan fingerprint density at radius 2 is 2.21 bits per heavy atom. The largest absolute Gasteiger partial charge is 0.385 e. The van der Waals surface area contributed by atoms with Crippen LogP contribution in [0.3, 0.4) is 0 Å². The zero-order chi connectivity index (χ0) is 17.7. The van der Waals surface area contributed by atoms with Crippen LogP contribution in [0.4, 0.5) is 4.39 Å². The number of benzene rings is 1. The lowest BCUT2D eigenvalue weighted by atomic mass is 9.93. The fourth-order valence-electron chi connectivity index (χ4n) is 3.02. The summed E-state index contributed by atoms with van der Waals surface area (Å²) in [7, 11) is -2.33. The summed E-state index contributed by atoms with van der Waals surface area (Å²) in [6, 6.07) is 3.04. The van der Waals surface area contributed by atoms with Crippen molar-refractivity contribution in [3.8, 4) is 0 Å². The van der Waals surface area contributed by atoms with E-state index in [1.165, 1.54) is 0 Å². The molecular weight excluding hydrogens is 335 g/mol.